The highest BCUT2D eigenvalue weighted by Crippen LogP contribution is 2.57. The van der Waals surface area contributed by atoms with Crippen molar-refractivity contribution in [3.8, 4) is 0 Å². The van der Waals surface area contributed by atoms with E-state index in [1.54, 1.807) is 0 Å². The molecule has 1 saturated carbocycles. The molecule has 0 spiro atoms. The second kappa shape index (κ2) is 2.09. The van der Waals surface area contributed by atoms with Crippen LogP contribution in [0.2, 0.25) is 0 Å². The summed E-state index contributed by atoms with van der Waals surface area (Å²) in [4.78, 5) is 9.26. The molecular weight excluding hydrogens is 147 g/mol. The van der Waals surface area contributed by atoms with E-state index in [-0.39, 0.29) is 0 Å². The Balaban J connectivity index is 2.14. The van der Waals surface area contributed by atoms with Crippen molar-refractivity contribution in [2.45, 2.75) is 19.3 Å². The molecule has 2 aliphatic rings. The molecule has 0 aromatic heterocycles. The minimum Gasteiger partial charge on any atom is -0.344 e. The molecule has 1 aliphatic heterocycles. The van der Waals surface area contributed by atoms with E-state index in [4.69, 9.17) is 0 Å². The maximum absolute atomic E-state index is 11.2. The SMILES string of the molecule is O=P1(O)CC2CCCC2C1. The third-order valence-electron chi connectivity index (χ3n) is 2.86. The van der Waals surface area contributed by atoms with Gasteiger partial charge in [-0.15, -0.1) is 0 Å². The van der Waals surface area contributed by atoms with Crippen LogP contribution in [0.1, 0.15) is 19.3 Å². The number of hydrogen-bond acceptors (Lipinski definition) is 1. The lowest BCUT2D eigenvalue weighted by Crippen LogP contribution is -2.01. The highest BCUT2D eigenvalue weighted by Gasteiger charge is 2.42. The molecule has 3 heteroatoms. The third kappa shape index (κ3) is 1.04. The van der Waals surface area contributed by atoms with Crippen LogP contribution in [0.25, 0.3) is 0 Å². The maximum Gasteiger partial charge on any atom is 0.201 e. The van der Waals surface area contributed by atoms with Crippen molar-refractivity contribution in [1.29, 1.82) is 0 Å². The lowest BCUT2D eigenvalue weighted by atomic mass is 10.0. The molecule has 0 bridgehead atoms. The average Bonchev–Trinajstić information content (AvgIpc) is 2.20. The molecule has 0 aromatic rings. The van der Waals surface area contributed by atoms with E-state index in [1.165, 1.54) is 19.3 Å². The van der Waals surface area contributed by atoms with Crippen molar-refractivity contribution in [3.63, 3.8) is 0 Å². The fraction of sp³-hybridized carbons (Fsp3) is 1.00. The summed E-state index contributed by atoms with van der Waals surface area (Å²) in [5, 5.41) is 0. The minimum atomic E-state index is -2.62. The van der Waals surface area contributed by atoms with Gasteiger partial charge < -0.3 is 4.89 Å². The van der Waals surface area contributed by atoms with E-state index in [0.29, 0.717) is 24.2 Å². The van der Waals surface area contributed by atoms with Crippen molar-refractivity contribution in [2.24, 2.45) is 11.8 Å². The van der Waals surface area contributed by atoms with E-state index in [0.717, 1.165) is 0 Å². The fourth-order valence-electron chi connectivity index (χ4n) is 2.40. The van der Waals surface area contributed by atoms with E-state index in [9.17, 15) is 9.46 Å². The molecule has 1 N–H and O–H groups in total. The summed E-state index contributed by atoms with van der Waals surface area (Å²) in [6, 6.07) is 0. The summed E-state index contributed by atoms with van der Waals surface area (Å²) in [6.07, 6.45) is 4.94. The standard InChI is InChI=1S/C7H13O2P/c8-10(9)4-6-2-1-3-7(6)5-10/h6-7H,1-5H2,(H,8,9). The zero-order valence-electron chi connectivity index (χ0n) is 5.99. The molecule has 1 aliphatic carbocycles. The Morgan fingerprint density at radius 2 is 1.70 bits per heavy atom. The second-order valence-corrected chi connectivity index (χ2v) is 6.09. The summed E-state index contributed by atoms with van der Waals surface area (Å²) >= 11 is 0. The van der Waals surface area contributed by atoms with Crippen LogP contribution in [0.4, 0.5) is 0 Å². The van der Waals surface area contributed by atoms with Gasteiger partial charge in [0.15, 0.2) is 0 Å². The quantitative estimate of drug-likeness (QED) is 0.547. The Bertz CT molecular complexity index is 174. The van der Waals surface area contributed by atoms with Crippen LogP contribution in [0.15, 0.2) is 0 Å². The summed E-state index contributed by atoms with van der Waals surface area (Å²) in [5.74, 6) is 1.21. The lowest BCUT2D eigenvalue weighted by Gasteiger charge is -2.02. The second-order valence-electron chi connectivity index (χ2n) is 3.66. The van der Waals surface area contributed by atoms with Gasteiger partial charge >= 0.3 is 0 Å². The number of fused-ring (bicyclic) bond motifs is 1. The Morgan fingerprint density at radius 1 is 1.20 bits per heavy atom. The van der Waals surface area contributed by atoms with Crippen molar-refractivity contribution in [1.82, 2.24) is 0 Å². The molecule has 2 nitrogen and oxygen atoms in total. The molecule has 1 heterocycles. The smallest absolute Gasteiger partial charge is 0.201 e. The van der Waals surface area contributed by atoms with Crippen molar-refractivity contribution >= 4 is 7.37 Å². The topological polar surface area (TPSA) is 37.3 Å². The first-order chi connectivity index (χ1) is 4.67. The van der Waals surface area contributed by atoms with Gasteiger partial charge in [0.05, 0.1) is 0 Å². The van der Waals surface area contributed by atoms with Crippen LogP contribution in [-0.2, 0) is 4.57 Å². The molecule has 1 saturated heterocycles. The van der Waals surface area contributed by atoms with E-state index < -0.39 is 7.37 Å². The van der Waals surface area contributed by atoms with Gasteiger partial charge in [-0.05, 0) is 24.7 Å². The van der Waals surface area contributed by atoms with Crippen LogP contribution in [0, 0.1) is 11.8 Å². The third-order valence-corrected chi connectivity index (χ3v) is 4.94. The van der Waals surface area contributed by atoms with E-state index >= 15 is 0 Å². The predicted octanol–water partition coefficient (Wildman–Crippen LogP) is 1.69. The first-order valence-corrected chi connectivity index (χ1v) is 6.01. The van der Waals surface area contributed by atoms with Crippen molar-refractivity contribution < 1.29 is 9.46 Å². The Labute approximate surface area is 61.1 Å². The van der Waals surface area contributed by atoms with Crippen LogP contribution >= 0.6 is 7.37 Å². The molecular formula is C7H13O2P. The molecule has 2 rings (SSSR count). The molecule has 10 heavy (non-hydrogen) atoms. The molecule has 0 aromatic carbocycles. The van der Waals surface area contributed by atoms with Crippen LogP contribution in [0.5, 0.6) is 0 Å². The van der Waals surface area contributed by atoms with E-state index in [2.05, 4.69) is 0 Å². The zero-order chi connectivity index (χ0) is 7.19. The van der Waals surface area contributed by atoms with Gasteiger partial charge in [0.1, 0.15) is 0 Å². The van der Waals surface area contributed by atoms with Crippen molar-refractivity contribution in [3.05, 3.63) is 0 Å². The molecule has 58 valence electrons. The monoisotopic (exact) mass is 160 g/mol. The molecule has 2 fully saturated rings. The van der Waals surface area contributed by atoms with E-state index in [1.807, 2.05) is 0 Å². The first kappa shape index (κ1) is 6.87. The number of hydrogen-bond donors (Lipinski definition) is 1. The highest BCUT2D eigenvalue weighted by atomic mass is 31.2. The first-order valence-electron chi connectivity index (χ1n) is 3.98. The van der Waals surface area contributed by atoms with Gasteiger partial charge in [0, 0.05) is 12.3 Å². The summed E-state index contributed by atoms with van der Waals surface area (Å²) in [5.41, 5.74) is 0. The molecule has 2 atom stereocenters. The molecule has 0 amide bonds. The lowest BCUT2D eigenvalue weighted by molar-refractivity contribution is 0.481. The summed E-state index contributed by atoms with van der Waals surface area (Å²) in [7, 11) is -2.62. The van der Waals surface area contributed by atoms with Gasteiger partial charge in [-0.2, -0.15) is 0 Å². The number of rotatable bonds is 0. The average molecular weight is 160 g/mol. The van der Waals surface area contributed by atoms with Gasteiger partial charge in [0.25, 0.3) is 0 Å². The minimum absolute atomic E-state index is 0.607. The Kier molecular flexibility index (Phi) is 1.43. The molecule has 2 unspecified atom stereocenters. The molecule has 0 radical (unpaired) electrons. The largest absolute Gasteiger partial charge is 0.344 e. The van der Waals surface area contributed by atoms with Crippen LogP contribution in [0.3, 0.4) is 0 Å². The summed E-state index contributed by atoms with van der Waals surface area (Å²) in [6.45, 7) is 0. The Morgan fingerprint density at radius 3 is 2.20 bits per heavy atom. The highest BCUT2D eigenvalue weighted by molar-refractivity contribution is 7.58. The Hall–Kier alpha value is 0.190. The van der Waals surface area contributed by atoms with Gasteiger partial charge in [0.2, 0.25) is 7.37 Å². The van der Waals surface area contributed by atoms with Crippen molar-refractivity contribution in [2.75, 3.05) is 12.3 Å². The maximum atomic E-state index is 11.2. The fourth-order valence-corrected chi connectivity index (χ4v) is 4.98. The van der Waals surface area contributed by atoms with Gasteiger partial charge in [-0.3, -0.25) is 4.57 Å². The zero-order valence-corrected chi connectivity index (χ0v) is 6.89. The van der Waals surface area contributed by atoms with Crippen LogP contribution in [-0.4, -0.2) is 17.2 Å². The van der Waals surface area contributed by atoms with Gasteiger partial charge in [-0.1, -0.05) is 6.42 Å². The predicted molar refractivity (Wildman–Crippen MR) is 40.4 cm³/mol. The summed E-state index contributed by atoms with van der Waals surface area (Å²) < 4.78 is 11.2. The normalized spacial score (nSPS) is 53.3. The van der Waals surface area contributed by atoms with Crippen LogP contribution < -0.4 is 0 Å². The van der Waals surface area contributed by atoms with Gasteiger partial charge in [-0.25, -0.2) is 0 Å².